The Labute approximate surface area is 212 Å². The lowest BCUT2D eigenvalue weighted by molar-refractivity contribution is 0.0952. The number of amides is 1. The Kier molecular flexibility index (Phi) is 7.44. The highest BCUT2D eigenvalue weighted by Gasteiger charge is 2.31. The number of aryl methyl sites for hydroxylation is 2. The molecule has 2 unspecified atom stereocenters. The number of fused-ring (bicyclic) bond motifs is 1. The molecule has 0 aromatic heterocycles. The molecule has 1 aliphatic rings. The van der Waals surface area contributed by atoms with Gasteiger partial charge in [-0.05, 0) is 106 Å². The van der Waals surface area contributed by atoms with Crippen LogP contribution < -0.4 is 4.90 Å². The lowest BCUT2D eigenvalue weighted by Gasteiger charge is -2.28. The second-order valence-electron chi connectivity index (χ2n) is 9.72. The fourth-order valence-corrected chi connectivity index (χ4v) is 5.29. The van der Waals surface area contributed by atoms with Gasteiger partial charge in [0.2, 0.25) is 0 Å². The molecule has 0 heterocycles. The van der Waals surface area contributed by atoms with Crippen LogP contribution in [0.3, 0.4) is 0 Å². The Morgan fingerprint density at radius 2 is 1.66 bits per heavy atom. The van der Waals surface area contributed by atoms with Gasteiger partial charge in [0.05, 0.1) is 6.10 Å². The molecule has 0 aliphatic heterocycles. The normalized spacial score (nSPS) is 17.6. The highest BCUT2D eigenvalue weighted by Crippen LogP contribution is 2.39. The van der Waals surface area contributed by atoms with Crippen molar-refractivity contribution in [1.29, 1.82) is 0 Å². The van der Waals surface area contributed by atoms with Gasteiger partial charge in [0, 0.05) is 33.8 Å². The van der Waals surface area contributed by atoms with Crippen molar-refractivity contribution in [2.24, 2.45) is 0 Å². The lowest BCUT2D eigenvalue weighted by Crippen LogP contribution is -2.37. The number of aliphatic hydroxyl groups is 1. The van der Waals surface area contributed by atoms with Gasteiger partial charge in [-0.3, -0.25) is 9.59 Å². The fraction of sp³-hybridized carbons (Fsp3) is 0.333. The summed E-state index contributed by atoms with van der Waals surface area (Å²) in [6.07, 6.45) is 1.43. The molecule has 3 aromatic rings. The maximum atomic E-state index is 13.7. The SMILES string of the molecule is Cc1cc(N(C(=O)c2ccccc2C)C(C)C)ccc1C(=O)C1CCCC(O)c2cc(Cl)ccc21. The third kappa shape index (κ3) is 5.05. The number of hydrogen-bond acceptors (Lipinski definition) is 3. The molecule has 4 rings (SSSR count). The highest BCUT2D eigenvalue weighted by molar-refractivity contribution is 6.30. The Balaban J connectivity index is 1.68. The van der Waals surface area contributed by atoms with Crippen LogP contribution in [0.25, 0.3) is 0 Å². The zero-order chi connectivity index (χ0) is 25.3. The number of aliphatic hydroxyl groups excluding tert-OH is 1. The van der Waals surface area contributed by atoms with Crippen LogP contribution in [-0.2, 0) is 0 Å². The van der Waals surface area contributed by atoms with Crippen LogP contribution in [0.1, 0.15) is 88.1 Å². The van der Waals surface area contributed by atoms with E-state index in [0.29, 0.717) is 29.0 Å². The number of benzene rings is 3. The minimum absolute atomic E-state index is 0.0352. The standard InChI is InChI=1S/C30H32ClNO3/c1-18(2)32(30(35)24-9-6-5-8-19(24)3)22-13-15-23(20(4)16-22)29(34)26-10-7-11-28(33)27-17-21(31)12-14-25(26)27/h5-6,8-9,12-18,26,28,33H,7,10-11H2,1-4H3. The largest absolute Gasteiger partial charge is 0.388 e. The number of anilines is 1. The quantitative estimate of drug-likeness (QED) is 0.304. The van der Waals surface area contributed by atoms with Crippen LogP contribution >= 0.6 is 11.6 Å². The number of Topliss-reactive ketones (excluding diaryl/α,β-unsaturated/α-hetero) is 1. The Bertz CT molecular complexity index is 1270. The second-order valence-corrected chi connectivity index (χ2v) is 10.2. The first kappa shape index (κ1) is 25.2. The van der Waals surface area contributed by atoms with Crippen LogP contribution in [0.2, 0.25) is 5.02 Å². The summed E-state index contributed by atoms with van der Waals surface area (Å²) >= 11 is 6.19. The average Bonchev–Trinajstić information content (AvgIpc) is 2.97. The van der Waals surface area contributed by atoms with E-state index >= 15 is 0 Å². The predicted molar refractivity (Wildman–Crippen MR) is 142 cm³/mol. The van der Waals surface area contributed by atoms with E-state index in [-0.39, 0.29) is 23.7 Å². The van der Waals surface area contributed by atoms with E-state index in [1.54, 1.807) is 17.0 Å². The molecule has 0 radical (unpaired) electrons. The van der Waals surface area contributed by atoms with E-state index < -0.39 is 6.10 Å². The first-order chi connectivity index (χ1) is 16.7. The number of carbonyl (C=O) groups is 2. The molecule has 1 N–H and O–H groups in total. The summed E-state index contributed by atoms with van der Waals surface area (Å²) in [6, 6.07) is 18.6. The van der Waals surface area contributed by atoms with Crippen molar-refractivity contribution < 1.29 is 14.7 Å². The first-order valence-corrected chi connectivity index (χ1v) is 12.6. The summed E-state index contributed by atoms with van der Waals surface area (Å²) in [6.45, 7) is 7.84. The van der Waals surface area contributed by atoms with Crippen LogP contribution in [0.4, 0.5) is 5.69 Å². The summed E-state index contributed by atoms with van der Waals surface area (Å²) < 4.78 is 0. The highest BCUT2D eigenvalue weighted by atomic mass is 35.5. The smallest absolute Gasteiger partial charge is 0.258 e. The summed E-state index contributed by atoms with van der Waals surface area (Å²) in [5.74, 6) is -0.355. The van der Waals surface area contributed by atoms with Crippen LogP contribution in [0.15, 0.2) is 60.7 Å². The zero-order valence-electron chi connectivity index (χ0n) is 20.7. The molecule has 0 bridgehead atoms. The van der Waals surface area contributed by atoms with E-state index in [2.05, 4.69) is 0 Å². The van der Waals surface area contributed by atoms with Gasteiger partial charge in [-0.2, -0.15) is 0 Å². The van der Waals surface area contributed by atoms with Crippen molar-refractivity contribution in [2.45, 2.75) is 65.0 Å². The molecule has 3 aromatic carbocycles. The van der Waals surface area contributed by atoms with E-state index in [4.69, 9.17) is 11.6 Å². The van der Waals surface area contributed by atoms with Gasteiger partial charge in [0.25, 0.3) is 5.91 Å². The van der Waals surface area contributed by atoms with Crippen molar-refractivity contribution in [3.8, 4) is 0 Å². The van der Waals surface area contributed by atoms with Gasteiger partial charge in [0.1, 0.15) is 0 Å². The van der Waals surface area contributed by atoms with Crippen molar-refractivity contribution in [3.05, 3.63) is 99.1 Å². The van der Waals surface area contributed by atoms with Crippen LogP contribution in [0, 0.1) is 13.8 Å². The van der Waals surface area contributed by atoms with Crippen molar-refractivity contribution in [2.75, 3.05) is 4.90 Å². The van der Waals surface area contributed by atoms with E-state index in [1.807, 2.05) is 76.2 Å². The van der Waals surface area contributed by atoms with Crippen molar-refractivity contribution >= 4 is 29.0 Å². The summed E-state index contributed by atoms with van der Waals surface area (Å²) in [4.78, 5) is 29.0. The zero-order valence-corrected chi connectivity index (χ0v) is 21.5. The maximum absolute atomic E-state index is 13.7. The number of nitrogens with zero attached hydrogens (tertiary/aromatic N) is 1. The summed E-state index contributed by atoms with van der Waals surface area (Å²) in [5, 5.41) is 11.2. The molecule has 2 atom stereocenters. The molecule has 35 heavy (non-hydrogen) atoms. The van der Waals surface area contributed by atoms with Gasteiger partial charge >= 0.3 is 0 Å². The van der Waals surface area contributed by atoms with Gasteiger partial charge in [-0.1, -0.05) is 35.9 Å². The van der Waals surface area contributed by atoms with Gasteiger partial charge in [-0.25, -0.2) is 0 Å². The Morgan fingerprint density at radius 3 is 2.34 bits per heavy atom. The summed E-state index contributed by atoms with van der Waals surface area (Å²) in [7, 11) is 0. The molecular formula is C30H32ClNO3. The number of rotatable bonds is 5. The molecule has 4 nitrogen and oxygen atoms in total. The van der Waals surface area contributed by atoms with Crippen molar-refractivity contribution in [3.63, 3.8) is 0 Å². The van der Waals surface area contributed by atoms with E-state index in [0.717, 1.165) is 34.4 Å². The number of carbonyl (C=O) groups excluding carboxylic acids is 2. The first-order valence-electron chi connectivity index (χ1n) is 12.2. The molecule has 0 saturated carbocycles. The minimum Gasteiger partial charge on any atom is -0.388 e. The van der Waals surface area contributed by atoms with Gasteiger partial charge in [-0.15, -0.1) is 0 Å². The van der Waals surface area contributed by atoms with Crippen LogP contribution in [0.5, 0.6) is 0 Å². The Hall–Kier alpha value is -2.95. The van der Waals surface area contributed by atoms with Gasteiger partial charge < -0.3 is 10.0 Å². The third-order valence-electron chi connectivity index (χ3n) is 6.93. The summed E-state index contributed by atoms with van der Waals surface area (Å²) in [5.41, 5.74) is 5.45. The van der Waals surface area contributed by atoms with E-state index in [9.17, 15) is 14.7 Å². The topological polar surface area (TPSA) is 57.6 Å². The maximum Gasteiger partial charge on any atom is 0.258 e. The fourth-order valence-electron chi connectivity index (χ4n) is 5.10. The number of ketones is 1. The molecule has 0 saturated heterocycles. The lowest BCUT2D eigenvalue weighted by atomic mass is 9.84. The second kappa shape index (κ2) is 10.3. The molecule has 182 valence electrons. The van der Waals surface area contributed by atoms with Gasteiger partial charge in [0.15, 0.2) is 5.78 Å². The van der Waals surface area contributed by atoms with E-state index in [1.165, 1.54) is 0 Å². The molecule has 0 spiro atoms. The molecule has 0 fully saturated rings. The third-order valence-corrected chi connectivity index (χ3v) is 7.17. The predicted octanol–water partition coefficient (Wildman–Crippen LogP) is 7.20. The number of halogens is 1. The molecule has 1 aliphatic carbocycles. The molecular weight excluding hydrogens is 458 g/mol. The van der Waals surface area contributed by atoms with Crippen molar-refractivity contribution in [1.82, 2.24) is 0 Å². The Morgan fingerprint density at radius 1 is 0.914 bits per heavy atom. The average molecular weight is 490 g/mol. The molecule has 1 amide bonds. The minimum atomic E-state index is -0.614. The number of hydrogen-bond donors (Lipinski definition) is 1. The monoisotopic (exact) mass is 489 g/mol. The molecule has 5 heteroatoms. The van der Waals surface area contributed by atoms with Crippen LogP contribution in [-0.4, -0.2) is 22.8 Å².